The van der Waals surface area contributed by atoms with Crippen molar-refractivity contribution in [2.45, 2.75) is 49.9 Å². The van der Waals surface area contributed by atoms with E-state index in [1.807, 2.05) is 67.6 Å². The fourth-order valence-electron chi connectivity index (χ4n) is 4.29. The third-order valence-electron chi connectivity index (χ3n) is 5.74. The van der Waals surface area contributed by atoms with Gasteiger partial charge in [0.2, 0.25) is 0 Å². The summed E-state index contributed by atoms with van der Waals surface area (Å²) in [7, 11) is -2.41. The van der Waals surface area contributed by atoms with Crippen molar-refractivity contribution in [1.82, 2.24) is 0 Å². The second-order valence-corrected chi connectivity index (χ2v) is 10.6. The van der Waals surface area contributed by atoms with E-state index in [0.717, 1.165) is 23.2 Å². The molecule has 2 aromatic carbocycles. The molecule has 0 unspecified atom stereocenters. The van der Waals surface area contributed by atoms with E-state index in [9.17, 15) is 20.4 Å². The summed E-state index contributed by atoms with van der Waals surface area (Å²) in [4.78, 5) is 0. The zero-order chi connectivity index (χ0) is 20.1. The lowest BCUT2D eigenvalue weighted by molar-refractivity contribution is -0.298. The normalized spacial score (nSPS) is 30.5. The molecule has 1 aliphatic rings. The maximum Gasteiger partial charge on any atom is 0.172 e. The number of rotatable bonds is 7. The second-order valence-electron chi connectivity index (χ2n) is 7.58. The van der Waals surface area contributed by atoms with Crippen LogP contribution in [0, 0.1) is 5.92 Å². The average molecular weight is 403 g/mol. The molecule has 1 fully saturated rings. The monoisotopic (exact) mass is 402 g/mol. The summed E-state index contributed by atoms with van der Waals surface area (Å²) in [5, 5.41) is 44.9. The molecule has 0 aromatic heterocycles. The molecule has 0 radical (unpaired) electrons. The molecule has 4 N–H and O–H groups in total. The number of aliphatic hydroxyl groups excluding tert-OH is 3. The van der Waals surface area contributed by atoms with Crippen LogP contribution in [-0.4, -0.2) is 59.6 Å². The van der Waals surface area contributed by atoms with Gasteiger partial charge in [-0.25, -0.2) is 0 Å². The Labute approximate surface area is 167 Å². The van der Waals surface area contributed by atoms with Gasteiger partial charge in [0.15, 0.2) is 14.2 Å². The first-order chi connectivity index (χ1) is 13.5. The van der Waals surface area contributed by atoms with E-state index in [1.54, 1.807) is 0 Å². The van der Waals surface area contributed by atoms with Crippen molar-refractivity contribution in [3.8, 4) is 0 Å². The molecular weight excluding hydrogens is 372 g/mol. The van der Waals surface area contributed by atoms with Gasteiger partial charge in [0, 0.05) is 5.92 Å². The van der Waals surface area contributed by atoms with Crippen molar-refractivity contribution in [2.24, 2.45) is 5.92 Å². The molecule has 1 aliphatic heterocycles. The van der Waals surface area contributed by atoms with Gasteiger partial charge in [-0.05, 0) is 6.42 Å². The van der Waals surface area contributed by atoms with Gasteiger partial charge in [-0.1, -0.05) is 90.8 Å². The number of hydrogen-bond donors (Lipinski definition) is 4. The average Bonchev–Trinajstić information content (AvgIpc) is 2.72. The van der Waals surface area contributed by atoms with Crippen molar-refractivity contribution in [3.63, 3.8) is 0 Å². The van der Waals surface area contributed by atoms with E-state index in [2.05, 4.69) is 0 Å². The molecule has 152 valence electrons. The number of hydrogen-bond acceptors (Lipinski definition) is 5. The van der Waals surface area contributed by atoms with Crippen LogP contribution in [0.5, 0.6) is 0 Å². The Kier molecular flexibility index (Phi) is 7.03. The molecule has 0 amide bonds. The minimum Gasteiger partial charge on any atom is -0.394 e. The van der Waals surface area contributed by atoms with E-state index in [1.165, 1.54) is 0 Å². The lowest BCUT2D eigenvalue weighted by Crippen LogP contribution is -2.73. The topological polar surface area (TPSA) is 90.2 Å². The summed E-state index contributed by atoms with van der Waals surface area (Å²) in [6.07, 6.45) is -1.18. The Morgan fingerprint density at radius 2 is 1.46 bits per heavy atom. The standard InChI is InChI=1S/C22H30O5Si/c1-2-3-14-18-20(24)21(25)19(15-23)27-22(18,26)28(16-10-6-4-7-11-16)17-12-8-5-9-13-17/h4-13,18-21,23-26,28H,2-3,14-15H2,1H3/t18-,19-,20-,21-,22-/m1/s1. The van der Waals surface area contributed by atoms with Crippen LogP contribution in [0.3, 0.4) is 0 Å². The number of ether oxygens (including phenoxy) is 1. The van der Waals surface area contributed by atoms with Gasteiger partial charge in [0.05, 0.1) is 12.7 Å². The van der Waals surface area contributed by atoms with Gasteiger partial charge in [-0.2, -0.15) is 0 Å². The number of unbranched alkanes of at least 4 members (excludes halogenated alkanes) is 1. The zero-order valence-corrected chi connectivity index (χ0v) is 17.3. The highest BCUT2D eigenvalue weighted by atomic mass is 28.3. The Hall–Kier alpha value is -1.54. The van der Waals surface area contributed by atoms with Crippen molar-refractivity contribution in [3.05, 3.63) is 60.7 Å². The van der Waals surface area contributed by atoms with Crippen LogP contribution in [0.1, 0.15) is 26.2 Å². The van der Waals surface area contributed by atoms with Gasteiger partial charge >= 0.3 is 0 Å². The molecule has 5 nitrogen and oxygen atoms in total. The molecule has 0 saturated carbocycles. The van der Waals surface area contributed by atoms with E-state index in [4.69, 9.17) is 4.74 Å². The van der Waals surface area contributed by atoms with Gasteiger partial charge in [-0.3, -0.25) is 0 Å². The van der Waals surface area contributed by atoms with Gasteiger partial charge in [0.25, 0.3) is 0 Å². The summed E-state index contributed by atoms with van der Waals surface area (Å²) in [6.45, 7) is 1.58. The number of benzene rings is 2. The second kappa shape index (κ2) is 9.30. The summed E-state index contributed by atoms with van der Waals surface area (Å²) in [5.74, 6) is -0.637. The third-order valence-corrected chi connectivity index (χ3v) is 9.24. The van der Waals surface area contributed by atoms with Crippen LogP contribution in [0.4, 0.5) is 0 Å². The molecule has 28 heavy (non-hydrogen) atoms. The first-order valence-corrected chi connectivity index (χ1v) is 11.7. The summed E-state index contributed by atoms with van der Waals surface area (Å²) >= 11 is 0. The molecule has 5 atom stereocenters. The largest absolute Gasteiger partial charge is 0.394 e. The Balaban J connectivity index is 2.12. The van der Waals surface area contributed by atoms with Crippen LogP contribution in [0.2, 0.25) is 0 Å². The Bertz CT molecular complexity index is 689. The maximum absolute atomic E-state index is 12.0. The lowest BCUT2D eigenvalue weighted by Gasteiger charge is -2.51. The van der Waals surface area contributed by atoms with Crippen molar-refractivity contribution in [2.75, 3.05) is 6.61 Å². The molecule has 0 aliphatic carbocycles. The summed E-state index contributed by atoms with van der Waals surface area (Å²) in [5.41, 5.74) is -1.63. The Morgan fingerprint density at radius 1 is 0.929 bits per heavy atom. The van der Waals surface area contributed by atoms with Gasteiger partial charge < -0.3 is 25.2 Å². The van der Waals surface area contributed by atoms with Crippen LogP contribution in [-0.2, 0) is 4.74 Å². The van der Waals surface area contributed by atoms with Crippen LogP contribution in [0.15, 0.2) is 60.7 Å². The smallest absolute Gasteiger partial charge is 0.172 e. The van der Waals surface area contributed by atoms with Crippen molar-refractivity contribution in [1.29, 1.82) is 0 Å². The molecule has 3 rings (SSSR count). The minimum absolute atomic E-state index is 0.467. The zero-order valence-electron chi connectivity index (χ0n) is 16.2. The summed E-state index contributed by atoms with van der Waals surface area (Å²) < 4.78 is 6.04. The molecule has 2 aromatic rings. The fourth-order valence-corrected chi connectivity index (χ4v) is 7.95. The quantitative estimate of drug-likeness (QED) is 0.496. The van der Waals surface area contributed by atoms with Crippen LogP contribution in [0.25, 0.3) is 0 Å². The van der Waals surface area contributed by atoms with Gasteiger partial charge in [-0.15, -0.1) is 0 Å². The molecule has 1 saturated heterocycles. The molecular formula is C22H30O5Si. The van der Waals surface area contributed by atoms with Crippen LogP contribution < -0.4 is 10.4 Å². The fraction of sp³-hybridized carbons (Fsp3) is 0.455. The van der Waals surface area contributed by atoms with Crippen molar-refractivity contribution >= 4 is 19.2 Å². The minimum atomic E-state index is -2.41. The van der Waals surface area contributed by atoms with E-state index >= 15 is 0 Å². The lowest BCUT2D eigenvalue weighted by atomic mass is 9.87. The van der Waals surface area contributed by atoms with E-state index in [-0.39, 0.29) is 0 Å². The maximum atomic E-state index is 12.0. The van der Waals surface area contributed by atoms with Crippen molar-refractivity contribution < 1.29 is 25.2 Å². The highest BCUT2D eigenvalue weighted by molar-refractivity contribution is 6.87. The summed E-state index contributed by atoms with van der Waals surface area (Å²) in [6, 6.07) is 19.5. The first-order valence-electron chi connectivity index (χ1n) is 10.00. The van der Waals surface area contributed by atoms with Crippen LogP contribution >= 0.6 is 0 Å². The Morgan fingerprint density at radius 3 is 1.93 bits per heavy atom. The predicted molar refractivity (Wildman–Crippen MR) is 111 cm³/mol. The number of aliphatic hydroxyl groups is 4. The van der Waals surface area contributed by atoms with E-state index < -0.39 is 45.0 Å². The predicted octanol–water partition coefficient (Wildman–Crippen LogP) is 0.175. The SMILES string of the molecule is CCCC[C@@H]1[C@@H](O)[C@H](O)[C@@H](CO)O[C@@]1(O)[SiH](c1ccccc1)c1ccccc1. The molecule has 6 heteroatoms. The molecule has 0 bridgehead atoms. The highest BCUT2D eigenvalue weighted by Crippen LogP contribution is 2.38. The first kappa shape index (κ1) is 21.2. The van der Waals surface area contributed by atoms with Gasteiger partial charge in [0.1, 0.15) is 12.2 Å². The molecule has 0 spiro atoms. The third kappa shape index (κ3) is 4.08. The highest BCUT2D eigenvalue weighted by Gasteiger charge is 2.57. The van der Waals surface area contributed by atoms with E-state index in [0.29, 0.717) is 6.42 Å². The molecule has 1 heterocycles.